The third kappa shape index (κ3) is 1.12. The van der Waals surface area contributed by atoms with Gasteiger partial charge in [0.1, 0.15) is 12.9 Å². The summed E-state index contributed by atoms with van der Waals surface area (Å²) >= 11 is 1.25. The Balaban J connectivity index is 2.21. The molecule has 56 valence electrons. The van der Waals surface area contributed by atoms with E-state index in [4.69, 9.17) is 0 Å². The van der Waals surface area contributed by atoms with Gasteiger partial charge in [-0.3, -0.25) is 4.79 Å². The van der Waals surface area contributed by atoms with Gasteiger partial charge in [0, 0.05) is 0 Å². The highest BCUT2D eigenvalue weighted by Crippen LogP contribution is 2.11. The van der Waals surface area contributed by atoms with Crippen molar-refractivity contribution < 1.29 is 4.79 Å². The molecule has 0 atom stereocenters. The van der Waals surface area contributed by atoms with E-state index >= 15 is 0 Å². The highest BCUT2D eigenvalue weighted by Gasteiger charge is 2.16. The lowest BCUT2D eigenvalue weighted by molar-refractivity contribution is -0.115. The first-order chi connectivity index (χ1) is 5.36. The summed E-state index contributed by atoms with van der Waals surface area (Å²) in [6.45, 7) is 0.283. The molecule has 2 heterocycles. The third-order valence-electron chi connectivity index (χ3n) is 1.29. The molecule has 1 aromatic rings. The molecule has 0 saturated carbocycles. The van der Waals surface area contributed by atoms with Crippen LogP contribution in [-0.4, -0.2) is 28.4 Å². The van der Waals surface area contributed by atoms with Gasteiger partial charge in [-0.15, -0.1) is 5.10 Å². The number of amides is 1. The number of hydrogen-bond donors (Lipinski definition) is 0. The van der Waals surface area contributed by atoms with Crippen LogP contribution in [0, 0.1) is 0 Å². The topological polar surface area (TPSA) is 58.5 Å². The quantitative estimate of drug-likeness (QED) is 0.588. The zero-order valence-corrected chi connectivity index (χ0v) is 6.28. The minimum Gasteiger partial charge on any atom is -0.305 e. The van der Waals surface area contributed by atoms with Crippen molar-refractivity contribution in [2.45, 2.75) is 0 Å². The molecule has 0 radical (unpaired) electrons. The Hall–Kier alpha value is -1.30. The molecular formula is C5H4N4OS. The molecule has 1 aliphatic rings. The summed E-state index contributed by atoms with van der Waals surface area (Å²) in [5.74, 6) is 0.544. The average Bonchev–Trinajstić information content (AvgIpc) is 2.55. The SMILES string of the molecule is O=C1CN(c2csnn2)C=N1. The largest absolute Gasteiger partial charge is 0.305 e. The molecule has 0 unspecified atom stereocenters. The summed E-state index contributed by atoms with van der Waals surface area (Å²) in [6.07, 6.45) is 1.47. The first kappa shape index (κ1) is 6.41. The van der Waals surface area contributed by atoms with Crippen LogP contribution in [0.15, 0.2) is 10.4 Å². The van der Waals surface area contributed by atoms with Crippen LogP contribution in [0.5, 0.6) is 0 Å². The van der Waals surface area contributed by atoms with Crippen LogP contribution in [-0.2, 0) is 4.79 Å². The molecule has 11 heavy (non-hydrogen) atoms. The highest BCUT2D eigenvalue weighted by atomic mass is 32.1. The molecule has 0 aliphatic carbocycles. The number of aromatic nitrogens is 2. The molecule has 1 aromatic heterocycles. The maximum atomic E-state index is 10.7. The second-order valence-corrected chi connectivity index (χ2v) is 2.64. The third-order valence-corrected chi connectivity index (χ3v) is 1.78. The van der Waals surface area contributed by atoms with Gasteiger partial charge in [-0.25, -0.2) is 4.99 Å². The Labute approximate surface area is 66.5 Å². The number of rotatable bonds is 1. The van der Waals surface area contributed by atoms with Gasteiger partial charge in [0.05, 0.1) is 5.38 Å². The summed E-state index contributed by atoms with van der Waals surface area (Å²) in [5, 5.41) is 5.55. The molecule has 1 amide bonds. The van der Waals surface area contributed by atoms with Gasteiger partial charge >= 0.3 is 0 Å². The Kier molecular flexibility index (Phi) is 1.39. The minimum atomic E-state index is -0.141. The molecule has 5 nitrogen and oxygen atoms in total. The summed E-state index contributed by atoms with van der Waals surface area (Å²) in [5.41, 5.74) is 0. The van der Waals surface area contributed by atoms with Crippen molar-refractivity contribution in [1.82, 2.24) is 9.59 Å². The second-order valence-electron chi connectivity index (χ2n) is 2.03. The molecule has 0 saturated heterocycles. The predicted molar refractivity (Wildman–Crippen MR) is 40.8 cm³/mol. The lowest BCUT2D eigenvalue weighted by Gasteiger charge is -2.05. The summed E-state index contributed by atoms with van der Waals surface area (Å²) in [4.78, 5) is 15.9. The van der Waals surface area contributed by atoms with Crippen LogP contribution < -0.4 is 4.90 Å². The van der Waals surface area contributed by atoms with Crippen molar-refractivity contribution >= 4 is 29.6 Å². The Morgan fingerprint density at radius 1 is 1.64 bits per heavy atom. The maximum absolute atomic E-state index is 10.7. The van der Waals surface area contributed by atoms with Crippen LogP contribution in [0.1, 0.15) is 0 Å². The molecule has 0 aromatic carbocycles. The molecule has 2 rings (SSSR count). The first-order valence-corrected chi connectivity index (χ1v) is 3.80. The van der Waals surface area contributed by atoms with E-state index < -0.39 is 0 Å². The van der Waals surface area contributed by atoms with E-state index in [1.807, 2.05) is 0 Å². The molecule has 1 aliphatic heterocycles. The Morgan fingerprint density at radius 2 is 2.55 bits per heavy atom. The summed E-state index contributed by atoms with van der Waals surface area (Å²) in [7, 11) is 0. The van der Waals surface area contributed by atoms with E-state index in [1.165, 1.54) is 17.9 Å². The fourth-order valence-corrected chi connectivity index (χ4v) is 1.24. The second kappa shape index (κ2) is 2.39. The number of anilines is 1. The van der Waals surface area contributed by atoms with Gasteiger partial charge < -0.3 is 4.90 Å². The van der Waals surface area contributed by atoms with Crippen molar-refractivity contribution in [2.75, 3.05) is 11.4 Å². The number of aliphatic imine (C=N–C) groups is 1. The van der Waals surface area contributed by atoms with Crippen molar-refractivity contribution in [3.63, 3.8) is 0 Å². The van der Waals surface area contributed by atoms with Crippen molar-refractivity contribution in [3.05, 3.63) is 5.38 Å². The molecule has 6 heteroatoms. The van der Waals surface area contributed by atoms with Crippen LogP contribution in [0.2, 0.25) is 0 Å². The van der Waals surface area contributed by atoms with E-state index in [1.54, 1.807) is 10.3 Å². The van der Waals surface area contributed by atoms with Crippen LogP contribution >= 0.6 is 11.5 Å². The fourth-order valence-electron chi connectivity index (χ4n) is 0.786. The first-order valence-electron chi connectivity index (χ1n) is 2.97. The molecular weight excluding hydrogens is 164 g/mol. The number of hydrogen-bond acceptors (Lipinski definition) is 5. The summed E-state index contributed by atoms with van der Waals surface area (Å²) < 4.78 is 3.67. The van der Waals surface area contributed by atoms with Gasteiger partial charge in [0.2, 0.25) is 0 Å². The Morgan fingerprint density at radius 3 is 3.09 bits per heavy atom. The molecule has 0 bridgehead atoms. The number of carbonyl (C=O) groups excluding carboxylic acids is 1. The molecule has 0 spiro atoms. The van der Waals surface area contributed by atoms with Crippen molar-refractivity contribution in [3.8, 4) is 0 Å². The van der Waals surface area contributed by atoms with Gasteiger partial charge in [-0.2, -0.15) is 0 Å². The van der Waals surface area contributed by atoms with Gasteiger partial charge in [-0.1, -0.05) is 4.49 Å². The van der Waals surface area contributed by atoms with Crippen molar-refractivity contribution in [2.24, 2.45) is 4.99 Å². The van der Waals surface area contributed by atoms with E-state index in [0.717, 1.165) is 0 Å². The van der Waals surface area contributed by atoms with Crippen LogP contribution in [0.4, 0.5) is 5.82 Å². The fraction of sp³-hybridized carbons (Fsp3) is 0.200. The van der Waals surface area contributed by atoms with Gasteiger partial charge in [0.25, 0.3) is 5.91 Å². The summed E-state index contributed by atoms with van der Waals surface area (Å²) in [6, 6.07) is 0. The van der Waals surface area contributed by atoms with E-state index in [9.17, 15) is 4.79 Å². The van der Waals surface area contributed by atoms with Gasteiger partial charge in [-0.05, 0) is 11.5 Å². The van der Waals surface area contributed by atoms with E-state index in [-0.39, 0.29) is 12.5 Å². The normalized spacial score (nSPS) is 16.4. The molecule has 0 N–H and O–H groups in total. The maximum Gasteiger partial charge on any atom is 0.267 e. The zero-order chi connectivity index (χ0) is 7.68. The van der Waals surface area contributed by atoms with E-state index in [2.05, 4.69) is 14.6 Å². The number of nitrogens with zero attached hydrogens (tertiary/aromatic N) is 4. The van der Waals surface area contributed by atoms with E-state index in [0.29, 0.717) is 5.82 Å². The predicted octanol–water partition coefficient (Wildman–Crippen LogP) is -0.0870. The smallest absolute Gasteiger partial charge is 0.267 e. The molecule has 0 fully saturated rings. The Bertz CT molecular complexity index is 293. The standard InChI is InChI=1S/C5H4N4OS/c10-5-1-9(3-6-5)4-2-11-8-7-4/h2-3H,1H2. The lowest BCUT2D eigenvalue weighted by Crippen LogP contribution is -2.20. The monoisotopic (exact) mass is 168 g/mol. The van der Waals surface area contributed by atoms with Crippen molar-refractivity contribution in [1.29, 1.82) is 0 Å². The van der Waals surface area contributed by atoms with Crippen LogP contribution in [0.25, 0.3) is 0 Å². The number of carbonyl (C=O) groups is 1. The minimum absolute atomic E-state index is 0.141. The lowest BCUT2D eigenvalue weighted by atomic mass is 10.5. The van der Waals surface area contributed by atoms with Gasteiger partial charge in [0.15, 0.2) is 5.82 Å². The van der Waals surface area contributed by atoms with Crippen LogP contribution in [0.3, 0.4) is 0 Å². The average molecular weight is 168 g/mol. The zero-order valence-electron chi connectivity index (χ0n) is 5.47. The highest BCUT2D eigenvalue weighted by molar-refractivity contribution is 7.03.